The zero-order valence-electron chi connectivity index (χ0n) is 31.5. The van der Waals surface area contributed by atoms with Crippen LogP contribution in [0.15, 0.2) is 47.6 Å². The number of hydrogen-bond acceptors (Lipinski definition) is 14. The SMILES string of the molecule is CC(=O)OC1CC2(O)C(OC(C)=O)C3C4(CO4)C(OC(=O)C=Cc4ccccc4)CC(OC(C)=O)C3(C)C(OC(C)=O)C(OC(C)=O)C(=C1C)C2(C)C. The number of rotatable bonds is 8. The largest absolute Gasteiger partial charge is 0.462 e. The highest BCUT2D eigenvalue weighted by atomic mass is 16.6. The van der Waals surface area contributed by atoms with Crippen LogP contribution in [0, 0.1) is 16.7 Å². The molecule has 10 atom stereocenters. The number of epoxide rings is 1. The van der Waals surface area contributed by atoms with Crippen LogP contribution in [0.2, 0.25) is 0 Å². The summed E-state index contributed by atoms with van der Waals surface area (Å²) in [6, 6.07) is 9.04. The molecule has 3 aliphatic carbocycles. The summed E-state index contributed by atoms with van der Waals surface area (Å²) >= 11 is 0. The van der Waals surface area contributed by atoms with Gasteiger partial charge in [0.05, 0.1) is 12.0 Å². The average Bonchev–Trinajstić information content (AvgIpc) is 3.83. The van der Waals surface area contributed by atoms with Gasteiger partial charge >= 0.3 is 35.8 Å². The van der Waals surface area contributed by atoms with Crippen molar-refractivity contribution in [3.8, 4) is 0 Å². The number of fused-ring (bicyclic) bond motifs is 4. The molecule has 1 saturated heterocycles. The molecule has 10 unspecified atom stereocenters. The number of aliphatic hydroxyl groups is 1. The van der Waals surface area contributed by atoms with Crippen LogP contribution < -0.4 is 0 Å². The maximum atomic E-state index is 13.5. The Labute approximate surface area is 308 Å². The van der Waals surface area contributed by atoms with E-state index in [1.54, 1.807) is 45.9 Å². The van der Waals surface area contributed by atoms with E-state index >= 15 is 0 Å². The van der Waals surface area contributed by atoms with E-state index in [1.807, 2.05) is 18.2 Å². The Bertz CT molecular complexity index is 1720. The molecule has 5 rings (SSSR count). The molecule has 1 aromatic carbocycles. The van der Waals surface area contributed by atoms with Crippen LogP contribution in [-0.2, 0) is 61.9 Å². The quantitative estimate of drug-likeness (QED) is 0.134. The molecule has 0 radical (unpaired) electrons. The normalized spacial score (nSPS) is 35.5. The predicted octanol–water partition coefficient (Wildman–Crippen LogP) is 3.56. The van der Waals surface area contributed by atoms with E-state index in [4.69, 9.17) is 33.2 Å². The number of hydrogen-bond donors (Lipinski definition) is 1. The molecule has 0 amide bonds. The van der Waals surface area contributed by atoms with Gasteiger partial charge in [0, 0.05) is 64.9 Å². The summed E-state index contributed by atoms with van der Waals surface area (Å²) in [6.45, 7) is 12.4. The zero-order chi connectivity index (χ0) is 39.3. The number of benzene rings is 1. The summed E-state index contributed by atoms with van der Waals surface area (Å²) in [7, 11) is 0. The lowest BCUT2D eigenvalue weighted by Gasteiger charge is -2.64. The van der Waals surface area contributed by atoms with E-state index in [-0.39, 0.29) is 25.0 Å². The second-order valence-corrected chi connectivity index (χ2v) is 15.1. The first-order valence-corrected chi connectivity index (χ1v) is 17.6. The summed E-state index contributed by atoms with van der Waals surface area (Å²) in [4.78, 5) is 78.1. The Hall–Kier alpha value is -4.56. The second-order valence-electron chi connectivity index (χ2n) is 15.1. The van der Waals surface area contributed by atoms with Crippen LogP contribution in [0.5, 0.6) is 0 Å². The molecule has 2 saturated carbocycles. The molecule has 1 spiro atoms. The maximum Gasteiger partial charge on any atom is 0.331 e. The van der Waals surface area contributed by atoms with Crippen molar-refractivity contribution < 1.29 is 67.0 Å². The van der Waals surface area contributed by atoms with Crippen molar-refractivity contribution in [2.45, 2.75) is 123 Å². The fourth-order valence-corrected chi connectivity index (χ4v) is 9.13. The molecule has 1 aliphatic heterocycles. The van der Waals surface area contributed by atoms with Crippen molar-refractivity contribution in [3.05, 3.63) is 53.1 Å². The fourth-order valence-electron chi connectivity index (χ4n) is 9.13. The van der Waals surface area contributed by atoms with Gasteiger partial charge in [-0.25, -0.2) is 4.79 Å². The third-order valence-electron chi connectivity index (χ3n) is 11.4. The summed E-state index contributed by atoms with van der Waals surface area (Å²) < 4.78 is 42.4. The standard InChI is InChI=1S/C39H48O14/c1-20-27(48-21(2)40)18-39(46)35(52-25(6)44)33-37(9,34(51-24(5)43)32(50-23(4)42)31(20)36(39,7)8)28(49-22(3)41)17-29(38(33)19-47-38)53-30(45)16-15-26-13-11-10-12-14-26/h10-16,27-29,32-35,46H,17-19H2,1-9H3. The lowest BCUT2D eigenvalue weighted by molar-refractivity contribution is -0.284. The Balaban J connectivity index is 1.82. The van der Waals surface area contributed by atoms with E-state index in [2.05, 4.69) is 0 Å². The first-order valence-electron chi connectivity index (χ1n) is 17.6. The van der Waals surface area contributed by atoms with Crippen molar-refractivity contribution >= 4 is 41.9 Å². The van der Waals surface area contributed by atoms with Crippen LogP contribution >= 0.6 is 0 Å². The topological polar surface area (TPSA) is 191 Å². The third kappa shape index (κ3) is 7.10. The minimum absolute atomic E-state index is 0.0746. The highest BCUT2D eigenvalue weighted by Crippen LogP contribution is 2.67. The van der Waals surface area contributed by atoms with Crippen LogP contribution in [0.4, 0.5) is 0 Å². The van der Waals surface area contributed by atoms with E-state index in [9.17, 15) is 33.9 Å². The van der Waals surface area contributed by atoms with Gasteiger partial charge in [-0.05, 0) is 29.7 Å². The van der Waals surface area contributed by atoms with E-state index < -0.39 is 100 Å². The molecular weight excluding hydrogens is 692 g/mol. The number of ether oxygens (including phenoxy) is 7. The minimum atomic E-state index is -2.13. The summed E-state index contributed by atoms with van der Waals surface area (Å²) in [5.41, 5.74) is -5.38. The van der Waals surface area contributed by atoms with Gasteiger partial charge < -0.3 is 38.3 Å². The van der Waals surface area contributed by atoms with Gasteiger partial charge in [-0.1, -0.05) is 51.1 Å². The third-order valence-corrected chi connectivity index (χ3v) is 11.4. The number of esters is 6. The van der Waals surface area contributed by atoms with Crippen LogP contribution in [0.3, 0.4) is 0 Å². The van der Waals surface area contributed by atoms with Crippen LogP contribution in [0.1, 0.15) is 80.7 Å². The van der Waals surface area contributed by atoms with Crippen LogP contribution in [0.25, 0.3) is 6.08 Å². The van der Waals surface area contributed by atoms with E-state index in [0.717, 1.165) is 19.4 Å². The summed E-state index contributed by atoms with van der Waals surface area (Å²) in [5, 5.41) is 13.3. The van der Waals surface area contributed by atoms with E-state index in [0.29, 0.717) is 5.57 Å². The average molecular weight is 741 g/mol. The highest BCUT2D eigenvalue weighted by Gasteiger charge is 2.80. The molecule has 2 bridgehead atoms. The van der Waals surface area contributed by atoms with Gasteiger partial charge in [0.15, 0.2) is 12.2 Å². The Morgan fingerprint density at radius 2 is 1.30 bits per heavy atom. The van der Waals surface area contributed by atoms with E-state index in [1.165, 1.54) is 26.8 Å². The fraction of sp³-hybridized carbons (Fsp3) is 0.590. The van der Waals surface area contributed by atoms with Crippen molar-refractivity contribution in [1.29, 1.82) is 0 Å². The molecule has 14 nitrogen and oxygen atoms in total. The molecular formula is C39H48O14. The molecule has 53 heavy (non-hydrogen) atoms. The molecule has 1 heterocycles. The molecule has 3 fully saturated rings. The van der Waals surface area contributed by atoms with Crippen LogP contribution in [-0.4, -0.2) is 95.4 Å². The van der Waals surface area contributed by atoms with Crippen molar-refractivity contribution in [2.24, 2.45) is 16.7 Å². The van der Waals surface area contributed by atoms with Gasteiger partial charge in [0.25, 0.3) is 0 Å². The molecule has 1 aromatic rings. The first kappa shape index (κ1) is 39.6. The zero-order valence-corrected chi connectivity index (χ0v) is 31.5. The monoisotopic (exact) mass is 740 g/mol. The summed E-state index contributed by atoms with van der Waals surface area (Å²) in [5.74, 6) is -5.81. The van der Waals surface area contributed by atoms with Gasteiger partial charge in [-0.3, -0.25) is 24.0 Å². The smallest absolute Gasteiger partial charge is 0.331 e. The molecule has 0 aromatic heterocycles. The first-order chi connectivity index (χ1) is 24.7. The highest BCUT2D eigenvalue weighted by molar-refractivity contribution is 5.87. The number of carbonyl (C=O) groups excluding carboxylic acids is 6. The van der Waals surface area contributed by atoms with Gasteiger partial charge in [-0.15, -0.1) is 0 Å². The second kappa shape index (κ2) is 14.3. The summed E-state index contributed by atoms with van der Waals surface area (Å²) in [6.07, 6.45) is -5.71. The minimum Gasteiger partial charge on any atom is -0.462 e. The van der Waals surface area contributed by atoms with Gasteiger partial charge in [0.2, 0.25) is 0 Å². The molecule has 288 valence electrons. The van der Waals surface area contributed by atoms with Crippen molar-refractivity contribution in [3.63, 3.8) is 0 Å². The van der Waals surface area contributed by atoms with Crippen molar-refractivity contribution in [1.82, 2.24) is 0 Å². The van der Waals surface area contributed by atoms with Gasteiger partial charge in [0.1, 0.15) is 35.6 Å². The lowest BCUT2D eigenvalue weighted by Crippen LogP contribution is -2.76. The molecule has 14 heteroatoms. The molecule has 4 aliphatic rings. The van der Waals surface area contributed by atoms with Gasteiger partial charge in [-0.2, -0.15) is 0 Å². The predicted molar refractivity (Wildman–Crippen MR) is 184 cm³/mol. The van der Waals surface area contributed by atoms with Crippen molar-refractivity contribution in [2.75, 3.05) is 6.61 Å². The number of carbonyl (C=O) groups is 6. The molecule has 1 N–H and O–H groups in total. The lowest BCUT2D eigenvalue weighted by atomic mass is 9.45. The Kier molecular flexibility index (Phi) is 10.7. The Morgan fingerprint density at radius 1 is 0.755 bits per heavy atom. The maximum absolute atomic E-state index is 13.5. The Morgan fingerprint density at radius 3 is 1.83 bits per heavy atom.